The van der Waals surface area contributed by atoms with Crippen molar-refractivity contribution >= 4 is 17.3 Å². The molecule has 0 unspecified atom stereocenters. The lowest BCUT2D eigenvalue weighted by molar-refractivity contribution is -0.137. The van der Waals surface area contributed by atoms with Crippen LogP contribution < -0.4 is 10.2 Å². The first-order valence-corrected chi connectivity index (χ1v) is 8.21. The molecule has 2 fully saturated rings. The monoisotopic (exact) mass is 341 g/mol. The van der Waals surface area contributed by atoms with Gasteiger partial charge in [0.05, 0.1) is 16.9 Å². The molecule has 132 valence electrons. The van der Waals surface area contributed by atoms with E-state index < -0.39 is 11.7 Å². The van der Waals surface area contributed by atoms with Gasteiger partial charge in [-0.25, -0.2) is 0 Å². The number of amides is 1. The SMILES string of the molecule is C[C@H]1C[C@@H]1C(=O)Nc1cc(C(F)(F)F)ccc1N1CCN(C)CC1. The number of alkyl halides is 3. The first-order valence-electron chi connectivity index (χ1n) is 8.21. The lowest BCUT2D eigenvalue weighted by Gasteiger charge is -2.35. The Morgan fingerprint density at radius 1 is 1.21 bits per heavy atom. The number of halogens is 3. The molecule has 1 amide bonds. The summed E-state index contributed by atoms with van der Waals surface area (Å²) in [6.45, 7) is 5.11. The van der Waals surface area contributed by atoms with Gasteiger partial charge in [0.1, 0.15) is 0 Å². The second-order valence-corrected chi connectivity index (χ2v) is 6.83. The summed E-state index contributed by atoms with van der Waals surface area (Å²) in [6.07, 6.45) is -3.62. The summed E-state index contributed by atoms with van der Waals surface area (Å²) in [5.74, 6) is 0.0416. The Labute approximate surface area is 139 Å². The maximum absolute atomic E-state index is 13.0. The molecule has 1 saturated carbocycles. The Bertz CT molecular complexity index is 624. The van der Waals surface area contributed by atoms with E-state index in [9.17, 15) is 18.0 Å². The van der Waals surface area contributed by atoms with Crippen LogP contribution in [0.1, 0.15) is 18.9 Å². The molecule has 4 nitrogen and oxygen atoms in total. The van der Waals surface area contributed by atoms with Gasteiger partial charge in [0.25, 0.3) is 0 Å². The van der Waals surface area contributed by atoms with E-state index in [-0.39, 0.29) is 17.5 Å². The van der Waals surface area contributed by atoms with E-state index in [2.05, 4.69) is 10.2 Å². The van der Waals surface area contributed by atoms with Crippen molar-refractivity contribution in [1.82, 2.24) is 4.90 Å². The van der Waals surface area contributed by atoms with Crippen molar-refractivity contribution in [2.24, 2.45) is 11.8 Å². The van der Waals surface area contributed by atoms with Crippen molar-refractivity contribution in [1.29, 1.82) is 0 Å². The zero-order valence-corrected chi connectivity index (χ0v) is 13.9. The molecule has 24 heavy (non-hydrogen) atoms. The van der Waals surface area contributed by atoms with Crippen LogP contribution in [-0.2, 0) is 11.0 Å². The quantitative estimate of drug-likeness (QED) is 0.918. The van der Waals surface area contributed by atoms with Gasteiger partial charge in [-0.1, -0.05) is 6.92 Å². The Balaban J connectivity index is 1.87. The summed E-state index contributed by atoms with van der Waals surface area (Å²) in [7, 11) is 2.02. The molecule has 1 aliphatic heterocycles. The number of hydrogen-bond acceptors (Lipinski definition) is 3. The van der Waals surface area contributed by atoms with E-state index in [1.807, 2.05) is 18.9 Å². The lowest BCUT2D eigenvalue weighted by Crippen LogP contribution is -2.44. The van der Waals surface area contributed by atoms with Gasteiger partial charge in [-0.05, 0) is 37.6 Å². The average molecular weight is 341 g/mol. The molecular weight excluding hydrogens is 319 g/mol. The molecule has 0 bridgehead atoms. The molecule has 0 spiro atoms. The predicted octanol–water partition coefficient (Wildman–Crippen LogP) is 3.05. The average Bonchev–Trinajstić information content (AvgIpc) is 3.24. The van der Waals surface area contributed by atoms with Crippen LogP contribution in [-0.4, -0.2) is 44.0 Å². The Kier molecular flexibility index (Phi) is 4.46. The van der Waals surface area contributed by atoms with Crippen LogP contribution in [0.15, 0.2) is 18.2 Å². The first-order chi connectivity index (χ1) is 11.3. The number of anilines is 2. The van der Waals surface area contributed by atoms with Gasteiger partial charge in [-0.15, -0.1) is 0 Å². The van der Waals surface area contributed by atoms with E-state index in [0.29, 0.717) is 11.6 Å². The van der Waals surface area contributed by atoms with Crippen LogP contribution in [0.2, 0.25) is 0 Å². The molecule has 0 radical (unpaired) electrons. The molecule has 1 aromatic carbocycles. The zero-order valence-electron chi connectivity index (χ0n) is 13.9. The number of piperazine rings is 1. The fourth-order valence-corrected chi connectivity index (χ4v) is 3.05. The predicted molar refractivity (Wildman–Crippen MR) is 87.1 cm³/mol. The summed E-state index contributed by atoms with van der Waals surface area (Å²) < 4.78 is 39.1. The number of rotatable bonds is 3. The van der Waals surface area contributed by atoms with Crippen LogP contribution in [0, 0.1) is 11.8 Å². The summed E-state index contributed by atoms with van der Waals surface area (Å²) in [5.41, 5.74) is 0.191. The highest BCUT2D eigenvalue weighted by molar-refractivity contribution is 5.97. The standard InChI is InChI=1S/C17H22F3N3O/c1-11-9-13(11)16(24)21-14-10-12(17(18,19)20)3-4-15(14)23-7-5-22(2)6-8-23/h3-4,10-11,13H,5-9H2,1-2H3,(H,21,24)/t11-,13-/m0/s1. The number of nitrogens with zero attached hydrogens (tertiary/aromatic N) is 2. The highest BCUT2D eigenvalue weighted by Crippen LogP contribution is 2.40. The molecule has 1 N–H and O–H groups in total. The summed E-state index contributed by atoms with van der Waals surface area (Å²) >= 11 is 0. The number of hydrogen-bond donors (Lipinski definition) is 1. The van der Waals surface area contributed by atoms with E-state index in [1.165, 1.54) is 6.07 Å². The molecule has 1 heterocycles. The van der Waals surface area contributed by atoms with Gasteiger partial charge in [-0.2, -0.15) is 13.2 Å². The smallest absolute Gasteiger partial charge is 0.367 e. The molecular formula is C17H22F3N3O. The molecule has 1 aromatic rings. The molecule has 2 atom stereocenters. The van der Waals surface area contributed by atoms with E-state index >= 15 is 0 Å². The maximum atomic E-state index is 13.0. The highest BCUT2D eigenvalue weighted by atomic mass is 19.4. The molecule has 1 saturated heterocycles. The van der Waals surface area contributed by atoms with Crippen molar-refractivity contribution in [3.63, 3.8) is 0 Å². The summed E-state index contributed by atoms with van der Waals surface area (Å²) in [4.78, 5) is 16.4. The second-order valence-electron chi connectivity index (χ2n) is 6.83. The second kappa shape index (κ2) is 6.27. The molecule has 3 rings (SSSR count). The van der Waals surface area contributed by atoms with E-state index in [4.69, 9.17) is 0 Å². The number of carbonyl (C=O) groups is 1. The Hall–Kier alpha value is -1.76. The number of nitrogens with one attached hydrogen (secondary N) is 1. The minimum absolute atomic E-state index is 0.0834. The van der Waals surface area contributed by atoms with E-state index in [1.54, 1.807) is 0 Å². The number of carbonyl (C=O) groups excluding carboxylic acids is 1. The van der Waals surface area contributed by atoms with Crippen molar-refractivity contribution in [3.05, 3.63) is 23.8 Å². The topological polar surface area (TPSA) is 35.6 Å². The fourth-order valence-electron chi connectivity index (χ4n) is 3.05. The van der Waals surface area contributed by atoms with Crippen molar-refractivity contribution in [2.75, 3.05) is 43.4 Å². The van der Waals surface area contributed by atoms with Gasteiger partial charge in [-0.3, -0.25) is 4.79 Å². The maximum Gasteiger partial charge on any atom is 0.416 e. The highest BCUT2D eigenvalue weighted by Gasteiger charge is 2.40. The van der Waals surface area contributed by atoms with Gasteiger partial charge in [0.2, 0.25) is 5.91 Å². The van der Waals surface area contributed by atoms with Crippen LogP contribution in [0.25, 0.3) is 0 Å². The van der Waals surface area contributed by atoms with Crippen molar-refractivity contribution in [2.45, 2.75) is 19.5 Å². The fraction of sp³-hybridized carbons (Fsp3) is 0.588. The van der Waals surface area contributed by atoms with Crippen LogP contribution in [0.5, 0.6) is 0 Å². The van der Waals surface area contributed by atoms with Crippen molar-refractivity contribution in [3.8, 4) is 0 Å². The van der Waals surface area contributed by atoms with Gasteiger partial charge in [0, 0.05) is 32.1 Å². The van der Waals surface area contributed by atoms with Crippen LogP contribution in [0.4, 0.5) is 24.5 Å². The largest absolute Gasteiger partial charge is 0.416 e. The van der Waals surface area contributed by atoms with Gasteiger partial charge < -0.3 is 15.1 Å². The first kappa shape index (κ1) is 17.1. The van der Waals surface area contributed by atoms with Gasteiger partial charge >= 0.3 is 6.18 Å². The third-order valence-corrected chi connectivity index (χ3v) is 4.87. The third kappa shape index (κ3) is 3.66. The van der Waals surface area contributed by atoms with Crippen molar-refractivity contribution < 1.29 is 18.0 Å². The lowest BCUT2D eigenvalue weighted by atomic mass is 10.1. The van der Waals surface area contributed by atoms with E-state index in [0.717, 1.165) is 44.7 Å². The number of benzene rings is 1. The minimum Gasteiger partial charge on any atom is -0.367 e. The van der Waals surface area contributed by atoms with Gasteiger partial charge in [0.15, 0.2) is 0 Å². The third-order valence-electron chi connectivity index (χ3n) is 4.87. The number of likely N-dealkylation sites (N-methyl/N-ethyl adjacent to an activating group) is 1. The molecule has 7 heteroatoms. The Morgan fingerprint density at radius 2 is 1.83 bits per heavy atom. The van der Waals surface area contributed by atoms with Crippen LogP contribution >= 0.6 is 0 Å². The minimum atomic E-state index is -4.42. The summed E-state index contributed by atoms with van der Waals surface area (Å²) in [5, 5.41) is 2.73. The summed E-state index contributed by atoms with van der Waals surface area (Å²) in [6, 6.07) is 3.61. The Morgan fingerprint density at radius 3 is 2.38 bits per heavy atom. The van der Waals surface area contributed by atoms with Crippen LogP contribution in [0.3, 0.4) is 0 Å². The molecule has 0 aromatic heterocycles. The molecule has 2 aliphatic rings. The molecule has 1 aliphatic carbocycles. The zero-order chi connectivity index (χ0) is 17.5. The normalized spacial score (nSPS) is 24.8.